The van der Waals surface area contributed by atoms with Gasteiger partial charge in [0.2, 0.25) is 5.91 Å². The first-order valence-corrected chi connectivity index (χ1v) is 6.74. The lowest BCUT2D eigenvalue weighted by atomic mass is 10.0. The first-order chi connectivity index (χ1) is 7.75. The van der Waals surface area contributed by atoms with Gasteiger partial charge in [-0.25, -0.2) is 0 Å². The van der Waals surface area contributed by atoms with Crippen LogP contribution >= 0.6 is 0 Å². The Morgan fingerprint density at radius 3 is 2.31 bits per heavy atom. The standard InChI is InChI=1S/C13H26N2O/c1-12(8-7-9-14)13(16)15-10-5-3-2-4-6-11-15/h12H,2-11,14H2,1H3. The number of rotatable bonds is 4. The van der Waals surface area contributed by atoms with Gasteiger partial charge in [0.05, 0.1) is 0 Å². The summed E-state index contributed by atoms with van der Waals surface area (Å²) >= 11 is 0. The van der Waals surface area contributed by atoms with Crippen molar-refractivity contribution in [3.63, 3.8) is 0 Å². The Morgan fingerprint density at radius 1 is 1.19 bits per heavy atom. The van der Waals surface area contributed by atoms with Crippen LogP contribution in [-0.2, 0) is 4.79 Å². The van der Waals surface area contributed by atoms with Crippen LogP contribution in [0.4, 0.5) is 0 Å². The van der Waals surface area contributed by atoms with Crippen molar-refractivity contribution in [2.45, 2.75) is 51.9 Å². The largest absolute Gasteiger partial charge is 0.342 e. The molecule has 1 saturated heterocycles. The fourth-order valence-corrected chi connectivity index (χ4v) is 2.33. The minimum absolute atomic E-state index is 0.156. The Morgan fingerprint density at radius 2 is 1.75 bits per heavy atom. The van der Waals surface area contributed by atoms with Crippen LogP contribution in [-0.4, -0.2) is 30.4 Å². The van der Waals surface area contributed by atoms with Crippen molar-refractivity contribution in [2.75, 3.05) is 19.6 Å². The van der Waals surface area contributed by atoms with Gasteiger partial charge in [-0.1, -0.05) is 26.2 Å². The molecule has 1 fully saturated rings. The Balaban J connectivity index is 2.37. The number of likely N-dealkylation sites (tertiary alicyclic amines) is 1. The third-order valence-electron chi connectivity index (χ3n) is 3.43. The number of carbonyl (C=O) groups excluding carboxylic acids is 1. The second-order valence-electron chi connectivity index (χ2n) is 4.93. The molecule has 94 valence electrons. The molecule has 0 radical (unpaired) electrons. The monoisotopic (exact) mass is 226 g/mol. The van der Waals surface area contributed by atoms with Crippen molar-refractivity contribution in [2.24, 2.45) is 11.7 Å². The summed E-state index contributed by atoms with van der Waals surface area (Å²) in [5.74, 6) is 0.498. The van der Waals surface area contributed by atoms with E-state index < -0.39 is 0 Å². The highest BCUT2D eigenvalue weighted by Gasteiger charge is 2.20. The highest BCUT2D eigenvalue weighted by Crippen LogP contribution is 2.15. The summed E-state index contributed by atoms with van der Waals surface area (Å²) in [6.45, 7) is 4.66. The predicted octanol–water partition coefficient (Wildman–Crippen LogP) is 2.15. The van der Waals surface area contributed by atoms with Crippen LogP contribution in [0.1, 0.15) is 51.9 Å². The molecule has 0 saturated carbocycles. The van der Waals surface area contributed by atoms with E-state index in [4.69, 9.17) is 5.73 Å². The molecule has 16 heavy (non-hydrogen) atoms. The smallest absolute Gasteiger partial charge is 0.225 e. The van der Waals surface area contributed by atoms with E-state index in [0.29, 0.717) is 12.5 Å². The molecule has 1 aliphatic heterocycles. The molecule has 0 aromatic rings. The SMILES string of the molecule is CC(CCCN)C(=O)N1CCCCCCC1. The minimum Gasteiger partial charge on any atom is -0.342 e. The summed E-state index contributed by atoms with van der Waals surface area (Å²) in [4.78, 5) is 14.2. The van der Waals surface area contributed by atoms with Crippen molar-refractivity contribution in [1.82, 2.24) is 4.90 Å². The van der Waals surface area contributed by atoms with Crippen LogP contribution in [0.15, 0.2) is 0 Å². The van der Waals surface area contributed by atoms with Crippen molar-refractivity contribution in [3.8, 4) is 0 Å². The number of nitrogens with zero attached hydrogens (tertiary/aromatic N) is 1. The molecular weight excluding hydrogens is 200 g/mol. The molecular formula is C13H26N2O. The van der Waals surface area contributed by atoms with E-state index in [1.54, 1.807) is 0 Å². The molecule has 1 rings (SSSR count). The van der Waals surface area contributed by atoms with Gasteiger partial charge in [0, 0.05) is 19.0 Å². The zero-order valence-electron chi connectivity index (χ0n) is 10.6. The van der Waals surface area contributed by atoms with E-state index in [1.165, 1.54) is 32.1 Å². The van der Waals surface area contributed by atoms with E-state index in [-0.39, 0.29) is 5.92 Å². The second-order valence-corrected chi connectivity index (χ2v) is 4.93. The van der Waals surface area contributed by atoms with Gasteiger partial charge in [-0.3, -0.25) is 4.79 Å². The van der Waals surface area contributed by atoms with Crippen molar-refractivity contribution in [3.05, 3.63) is 0 Å². The Hall–Kier alpha value is -0.570. The van der Waals surface area contributed by atoms with Gasteiger partial charge in [-0.2, -0.15) is 0 Å². The maximum atomic E-state index is 12.2. The Bertz CT molecular complexity index is 198. The molecule has 0 aliphatic carbocycles. The molecule has 1 unspecified atom stereocenters. The number of carbonyl (C=O) groups is 1. The highest BCUT2D eigenvalue weighted by atomic mass is 16.2. The molecule has 0 spiro atoms. The fraction of sp³-hybridized carbons (Fsp3) is 0.923. The molecule has 0 bridgehead atoms. The van der Waals surface area contributed by atoms with Gasteiger partial charge < -0.3 is 10.6 Å². The van der Waals surface area contributed by atoms with Crippen LogP contribution in [0.2, 0.25) is 0 Å². The van der Waals surface area contributed by atoms with Gasteiger partial charge in [-0.05, 0) is 32.2 Å². The summed E-state index contributed by atoms with van der Waals surface area (Å²) in [5, 5.41) is 0. The van der Waals surface area contributed by atoms with Gasteiger partial charge in [-0.15, -0.1) is 0 Å². The van der Waals surface area contributed by atoms with Crippen molar-refractivity contribution >= 4 is 5.91 Å². The van der Waals surface area contributed by atoms with Gasteiger partial charge in [0.25, 0.3) is 0 Å². The van der Waals surface area contributed by atoms with Gasteiger partial charge in [0.15, 0.2) is 0 Å². The van der Waals surface area contributed by atoms with E-state index in [9.17, 15) is 4.79 Å². The molecule has 1 heterocycles. The predicted molar refractivity (Wildman–Crippen MR) is 67.1 cm³/mol. The maximum Gasteiger partial charge on any atom is 0.225 e. The Kier molecular flexibility index (Phi) is 6.46. The summed E-state index contributed by atoms with van der Waals surface area (Å²) in [5.41, 5.74) is 5.48. The minimum atomic E-state index is 0.156. The molecule has 1 atom stereocenters. The molecule has 3 heteroatoms. The quantitative estimate of drug-likeness (QED) is 0.798. The number of amides is 1. The van der Waals surface area contributed by atoms with E-state index in [0.717, 1.165) is 25.9 Å². The number of hydrogen-bond acceptors (Lipinski definition) is 2. The summed E-state index contributed by atoms with van der Waals surface area (Å²) in [6.07, 6.45) is 8.14. The number of nitrogens with two attached hydrogens (primary N) is 1. The Labute approximate surface area is 99.4 Å². The lowest BCUT2D eigenvalue weighted by molar-refractivity contribution is -0.135. The zero-order valence-corrected chi connectivity index (χ0v) is 10.6. The number of hydrogen-bond donors (Lipinski definition) is 1. The third-order valence-corrected chi connectivity index (χ3v) is 3.43. The van der Waals surface area contributed by atoms with Crippen LogP contribution in [0.25, 0.3) is 0 Å². The first kappa shape index (κ1) is 13.5. The zero-order chi connectivity index (χ0) is 11.8. The van der Waals surface area contributed by atoms with Crippen LogP contribution in [0, 0.1) is 5.92 Å². The van der Waals surface area contributed by atoms with E-state index >= 15 is 0 Å². The molecule has 0 aromatic carbocycles. The molecule has 1 amide bonds. The van der Waals surface area contributed by atoms with Crippen molar-refractivity contribution in [1.29, 1.82) is 0 Å². The fourth-order valence-electron chi connectivity index (χ4n) is 2.33. The summed E-state index contributed by atoms with van der Waals surface area (Å²) < 4.78 is 0. The molecule has 2 N–H and O–H groups in total. The molecule has 3 nitrogen and oxygen atoms in total. The van der Waals surface area contributed by atoms with Crippen LogP contribution in [0.3, 0.4) is 0 Å². The average molecular weight is 226 g/mol. The summed E-state index contributed by atoms with van der Waals surface area (Å²) in [6, 6.07) is 0. The third kappa shape index (κ3) is 4.52. The average Bonchev–Trinajstić information content (AvgIpc) is 2.24. The van der Waals surface area contributed by atoms with Crippen LogP contribution < -0.4 is 5.73 Å². The molecule has 0 aromatic heterocycles. The lowest BCUT2D eigenvalue weighted by Gasteiger charge is -2.27. The first-order valence-electron chi connectivity index (χ1n) is 6.74. The lowest BCUT2D eigenvalue weighted by Crippen LogP contribution is -2.37. The topological polar surface area (TPSA) is 46.3 Å². The van der Waals surface area contributed by atoms with Gasteiger partial charge in [0.1, 0.15) is 0 Å². The van der Waals surface area contributed by atoms with Crippen LogP contribution in [0.5, 0.6) is 0 Å². The maximum absolute atomic E-state index is 12.2. The van der Waals surface area contributed by atoms with E-state index in [1.807, 2.05) is 6.92 Å². The normalized spacial score (nSPS) is 20.0. The second kappa shape index (κ2) is 7.66. The molecule has 1 aliphatic rings. The van der Waals surface area contributed by atoms with Gasteiger partial charge >= 0.3 is 0 Å². The van der Waals surface area contributed by atoms with E-state index in [2.05, 4.69) is 4.90 Å². The highest BCUT2D eigenvalue weighted by molar-refractivity contribution is 5.78. The van der Waals surface area contributed by atoms with Crippen molar-refractivity contribution < 1.29 is 4.79 Å². The summed E-state index contributed by atoms with van der Waals surface area (Å²) in [7, 11) is 0.